The molecule has 0 radical (unpaired) electrons. The van der Waals surface area contributed by atoms with Crippen LogP contribution >= 0.6 is 0 Å². The van der Waals surface area contributed by atoms with Gasteiger partial charge < -0.3 is 0 Å². The molecule has 12 heavy (non-hydrogen) atoms. The van der Waals surface area contributed by atoms with Gasteiger partial charge in [0.1, 0.15) is 0 Å². The molecule has 0 spiro atoms. The molecule has 3 nitrogen and oxygen atoms in total. The van der Waals surface area contributed by atoms with Gasteiger partial charge in [-0.15, -0.1) is 0 Å². The van der Waals surface area contributed by atoms with Crippen molar-refractivity contribution in [3.8, 4) is 0 Å². The fraction of sp³-hybridized carbons (Fsp3) is 0.556. The summed E-state index contributed by atoms with van der Waals surface area (Å²) in [6.45, 7) is 6.01. The van der Waals surface area contributed by atoms with Crippen LogP contribution in [0.15, 0.2) is 11.6 Å². The lowest BCUT2D eigenvalue weighted by atomic mass is 9.90. The average Bonchev–Trinajstić information content (AvgIpc) is 2.28. The number of hydrogen-bond donors (Lipinski definition) is 1. The van der Waals surface area contributed by atoms with Gasteiger partial charge in [0.2, 0.25) is 0 Å². The molecule has 1 unspecified atom stereocenters. The molecular formula is C9H13NO2. The molecular weight excluding hydrogens is 154 g/mol. The Morgan fingerprint density at radius 1 is 1.25 bits per heavy atom. The number of imide groups is 1. The topological polar surface area (TPSA) is 46.2 Å². The zero-order valence-electron chi connectivity index (χ0n) is 7.55. The Morgan fingerprint density at radius 2 is 1.83 bits per heavy atom. The first-order valence-corrected chi connectivity index (χ1v) is 4.09. The van der Waals surface area contributed by atoms with Crippen LogP contribution in [0.25, 0.3) is 0 Å². The molecule has 0 aromatic heterocycles. The smallest absolute Gasteiger partial charge is 0.254 e. The number of amides is 2. The van der Waals surface area contributed by atoms with E-state index < -0.39 is 0 Å². The summed E-state index contributed by atoms with van der Waals surface area (Å²) in [7, 11) is 0. The third kappa shape index (κ3) is 1.55. The number of rotatable bonds is 2. The summed E-state index contributed by atoms with van der Waals surface area (Å²) in [5, 5.41) is 2.23. The third-order valence-corrected chi connectivity index (χ3v) is 2.28. The first-order chi connectivity index (χ1) is 5.52. The minimum Gasteiger partial charge on any atom is -0.289 e. The van der Waals surface area contributed by atoms with E-state index in [2.05, 4.69) is 5.32 Å². The van der Waals surface area contributed by atoms with Crippen molar-refractivity contribution < 1.29 is 9.59 Å². The summed E-state index contributed by atoms with van der Waals surface area (Å²) in [5.74, 6) is 0.00745. The van der Waals surface area contributed by atoms with E-state index in [1.54, 1.807) is 0 Å². The molecule has 0 fully saturated rings. The summed E-state index contributed by atoms with van der Waals surface area (Å²) in [6, 6.07) is 0. The summed E-state index contributed by atoms with van der Waals surface area (Å²) in [5.41, 5.74) is 0.606. The maximum absolute atomic E-state index is 11.1. The molecule has 1 aliphatic rings. The van der Waals surface area contributed by atoms with E-state index in [0.29, 0.717) is 11.5 Å². The number of carbonyl (C=O) groups excluding carboxylic acids is 2. The van der Waals surface area contributed by atoms with Gasteiger partial charge in [-0.25, -0.2) is 0 Å². The quantitative estimate of drug-likeness (QED) is 0.620. The standard InChI is InChI=1S/C9H13NO2/c1-5(2)6(3)7-4-8(11)10-9(7)12/h4-6H,1-3H3,(H,10,11,12). The van der Waals surface area contributed by atoms with Crippen LogP contribution in [0.5, 0.6) is 0 Å². The minimum absolute atomic E-state index is 0.149. The molecule has 0 bridgehead atoms. The highest BCUT2D eigenvalue weighted by Crippen LogP contribution is 2.21. The van der Waals surface area contributed by atoms with Crippen molar-refractivity contribution in [3.05, 3.63) is 11.6 Å². The average molecular weight is 167 g/mol. The highest BCUT2D eigenvalue weighted by molar-refractivity contribution is 6.16. The lowest BCUT2D eigenvalue weighted by molar-refractivity contribution is -0.124. The number of carbonyl (C=O) groups is 2. The third-order valence-electron chi connectivity index (χ3n) is 2.28. The van der Waals surface area contributed by atoms with Crippen molar-refractivity contribution in [1.82, 2.24) is 5.32 Å². The second-order valence-electron chi connectivity index (χ2n) is 3.45. The summed E-state index contributed by atoms with van der Waals surface area (Å²) in [6.07, 6.45) is 1.40. The second kappa shape index (κ2) is 3.09. The van der Waals surface area contributed by atoms with E-state index in [1.807, 2.05) is 20.8 Å². The normalized spacial score (nSPS) is 19.5. The molecule has 3 heteroatoms. The predicted octanol–water partition coefficient (Wildman–Crippen LogP) is 0.861. The van der Waals surface area contributed by atoms with Crippen molar-refractivity contribution in [2.24, 2.45) is 11.8 Å². The monoisotopic (exact) mass is 167 g/mol. The van der Waals surface area contributed by atoms with Crippen molar-refractivity contribution in [2.75, 3.05) is 0 Å². The molecule has 0 aromatic rings. The Kier molecular flexibility index (Phi) is 2.31. The molecule has 0 saturated carbocycles. The zero-order chi connectivity index (χ0) is 9.30. The van der Waals surface area contributed by atoms with Crippen LogP contribution in [0.3, 0.4) is 0 Å². The Balaban J connectivity index is 2.81. The fourth-order valence-electron chi connectivity index (χ4n) is 1.12. The maximum atomic E-state index is 11.1. The van der Waals surface area contributed by atoms with E-state index >= 15 is 0 Å². The largest absolute Gasteiger partial charge is 0.289 e. The molecule has 1 atom stereocenters. The summed E-state index contributed by atoms with van der Waals surface area (Å²) < 4.78 is 0. The number of hydrogen-bond acceptors (Lipinski definition) is 2. The lowest BCUT2D eigenvalue weighted by Gasteiger charge is -2.14. The molecule has 0 aliphatic carbocycles. The predicted molar refractivity (Wildman–Crippen MR) is 45.2 cm³/mol. The molecule has 1 heterocycles. The second-order valence-corrected chi connectivity index (χ2v) is 3.45. The Hall–Kier alpha value is -1.12. The highest BCUT2D eigenvalue weighted by Gasteiger charge is 2.26. The molecule has 0 aromatic carbocycles. The lowest BCUT2D eigenvalue weighted by Crippen LogP contribution is -2.24. The van der Waals surface area contributed by atoms with E-state index in [1.165, 1.54) is 6.08 Å². The van der Waals surface area contributed by atoms with Crippen LogP contribution in [0.4, 0.5) is 0 Å². The molecule has 1 rings (SSSR count). The van der Waals surface area contributed by atoms with Crippen LogP contribution in [0, 0.1) is 11.8 Å². The van der Waals surface area contributed by atoms with Crippen LogP contribution in [0.2, 0.25) is 0 Å². The van der Waals surface area contributed by atoms with Gasteiger partial charge in [-0.05, 0) is 11.8 Å². The molecule has 66 valence electrons. The van der Waals surface area contributed by atoms with Crippen LogP contribution in [-0.2, 0) is 9.59 Å². The van der Waals surface area contributed by atoms with E-state index in [9.17, 15) is 9.59 Å². The minimum atomic E-state index is -0.289. The van der Waals surface area contributed by atoms with Gasteiger partial charge in [0.25, 0.3) is 11.8 Å². The molecule has 1 N–H and O–H groups in total. The van der Waals surface area contributed by atoms with Crippen molar-refractivity contribution in [1.29, 1.82) is 0 Å². The maximum Gasteiger partial charge on any atom is 0.254 e. The first kappa shape index (κ1) is 8.97. The Morgan fingerprint density at radius 3 is 2.17 bits per heavy atom. The highest BCUT2D eigenvalue weighted by atomic mass is 16.2. The van der Waals surface area contributed by atoms with Gasteiger partial charge in [0.05, 0.1) is 0 Å². The van der Waals surface area contributed by atoms with Gasteiger partial charge in [-0.3, -0.25) is 14.9 Å². The van der Waals surface area contributed by atoms with E-state index in [-0.39, 0.29) is 17.7 Å². The van der Waals surface area contributed by atoms with E-state index in [0.717, 1.165) is 0 Å². The van der Waals surface area contributed by atoms with Gasteiger partial charge in [0, 0.05) is 11.6 Å². The molecule has 0 saturated heterocycles. The Labute approximate surface area is 71.8 Å². The van der Waals surface area contributed by atoms with Gasteiger partial charge in [-0.2, -0.15) is 0 Å². The SMILES string of the molecule is CC(C)C(C)C1=CC(=O)NC1=O. The van der Waals surface area contributed by atoms with Gasteiger partial charge >= 0.3 is 0 Å². The van der Waals surface area contributed by atoms with Crippen LogP contribution in [-0.4, -0.2) is 11.8 Å². The first-order valence-electron chi connectivity index (χ1n) is 4.09. The summed E-state index contributed by atoms with van der Waals surface area (Å²) in [4.78, 5) is 21.9. The van der Waals surface area contributed by atoms with Crippen LogP contribution in [0.1, 0.15) is 20.8 Å². The molecule has 1 aliphatic heterocycles. The number of nitrogens with one attached hydrogen (secondary N) is 1. The van der Waals surface area contributed by atoms with Gasteiger partial charge in [0.15, 0.2) is 0 Å². The van der Waals surface area contributed by atoms with Crippen LogP contribution < -0.4 is 5.32 Å². The van der Waals surface area contributed by atoms with Crippen molar-refractivity contribution >= 4 is 11.8 Å². The van der Waals surface area contributed by atoms with Crippen molar-refractivity contribution in [2.45, 2.75) is 20.8 Å². The zero-order valence-corrected chi connectivity index (χ0v) is 7.55. The molecule has 2 amide bonds. The summed E-state index contributed by atoms with van der Waals surface area (Å²) >= 11 is 0. The fourth-order valence-corrected chi connectivity index (χ4v) is 1.12. The van der Waals surface area contributed by atoms with Gasteiger partial charge in [-0.1, -0.05) is 20.8 Å². The van der Waals surface area contributed by atoms with E-state index in [4.69, 9.17) is 0 Å². The Bertz CT molecular complexity index is 253. The van der Waals surface area contributed by atoms with Crippen molar-refractivity contribution in [3.63, 3.8) is 0 Å².